The first-order valence-corrected chi connectivity index (χ1v) is 9.69. The molecule has 0 radical (unpaired) electrons. The number of fused-ring (bicyclic) bond motifs is 1. The molecule has 2 aliphatic heterocycles. The van der Waals surface area contributed by atoms with Crippen LogP contribution in [0.15, 0.2) is 54.9 Å². The van der Waals surface area contributed by atoms with E-state index in [-0.39, 0.29) is 5.91 Å². The van der Waals surface area contributed by atoms with Gasteiger partial charge >= 0.3 is 0 Å². The van der Waals surface area contributed by atoms with Gasteiger partial charge in [0.25, 0.3) is 5.91 Å². The molecule has 0 N–H and O–H groups in total. The molecule has 2 aliphatic rings. The Bertz CT molecular complexity index is 980. The standard InChI is InChI=1S/C21H22N6O/c28-21(19-13-23-17-5-1-2-6-18(17)24-19)27-14-16(15-27)25-9-11-26(12-10-25)20-7-3-4-8-22-20/h1-8,13,16H,9-12,14-15H2. The highest BCUT2D eigenvalue weighted by Crippen LogP contribution is 2.21. The summed E-state index contributed by atoms with van der Waals surface area (Å²) in [7, 11) is 0. The fourth-order valence-electron chi connectivity index (χ4n) is 3.93. The van der Waals surface area contributed by atoms with Gasteiger partial charge in [-0.05, 0) is 24.3 Å². The second-order valence-corrected chi connectivity index (χ2v) is 7.32. The highest BCUT2D eigenvalue weighted by molar-refractivity contribution is 5.94. The number of hydrogen-bond acceptors (Lipinski definition) is 6. The van der Waals surface area contributed by atoms with Gasteiger partial charge in [0, 0.05) is 51.5 Å². The van der Waals surface area contributed by atoms with Crippen molar-refractivity contribution in [1.29, 1.82) is 0 Å². The number of hydrogen-bond donors (Lipinski definition) is 0. The fourth-order valence-corrected chi connectivity index (χ4v) is 3.93. The molecule has 0 spiro atoms. The third kappa shape index (κ3) is 3.18. The van der Waals surface area contributed by atoms with Crippen molar-refractivity contribution in [1.82, 2.24) is 24.8 Å². The van der Waals surface area contributed by atoms with E-state index in [2.05, 4.69) is 30.8 Å². The van der Waals surface area contributed by atoms with Crippen LogP contribution in [0.4, 0.5) is 5.82 Å². The van der Waals surface area contributed by atoms with Crippen LogP contribution in [0.3, 0.4) is 0 Å². The van der Waals surface area contributed by atoms with Crippen molar-refractivity contribution < 1.29 is 4.79 Å². The van der Waals surface area contributed by atoms with Crippen LogP contribution >= 0.6 is 0 Å². The number of aromatic nitrogens is 3. The Morgan fingerprint density at radius 1 is 0.893 bits per heavy atom. The first-order valence-electron chi connectivity index (χ1n) is 9.69. The number of rotatable bonds is 3. The topological polar surface area (TPSA) is 65.5 Å². The third-order valence-electron chi connectivity index (χ3n) is 5.62. The first kappa shape index (κ1) is 17.1. The van der Waals surface area contributed by atoms with Crippen LogP contribution in [0, 0.1) is 0 Å². The lowest BCUT2D eigenvalue weighted by Crippen LogP contribution is -2.64. The molecule has 28 heavy (non-hydrogen) atoms. The Kier molecular flexibility index (Phi) is 4.37. The number of carbonyl (C=O) groups is 1. The largest absolute Gasteiger partial charge is 0.354 e. The van der Waals surface area contributed by atoms with E-state index >= 15 is 0 Å². The number of likely N-dealkylation sites (tertiary alicyclic amines) is 1. The maximum atomic E-state index is 12.7. The van der Waals surface area contributed by atoms with Gasteiger partial charge in [-0.25, -0.2) is 9.97 Å². The summed E-state index contributed by atoms with van der Waals surface area (Å²) in [5.41, 5.74) is 2.00. The monoisotopic (exact) mass is 374 g/mol. The Morgan fingerprint density at radius 3 is 2.39 bits per heavy atom. The normalized spacial score (nSPS) is 18.3. The van der Waals surface area contributed by atoms with E-state index in [4.69, 9.17) is 0 Å². The van der Waals surface area contributed by atoms with Crippen LogP contribution in [0.2, 0.25) is 0 Å². The van der Waals surface area contributed by atoms with E-state index < -0.39 is 0 Å². The predicted molar refractivity (Wildman–Crippen MR) is 107 cm³/mol. The molecule has 7 heteroatoms. The number of benzene rings is 1. The molecule has 0 saturated carbocycles. The van der Waals surface area contributed by atoms with Crippen LogP contribution in [-0.2, 0) is 0 Å². The van der Waals surface area contributed by atoms with Gasteiger partial charge in [0.2, 0.25) is 0 Å². The number of anilines is 1. The highest BCUT2D eigenvalue weighted by atomic mass is 16.2. The molecule has 0 bridgehead atoms. The number of pyridine rings is 1. The van der Waals surface area contributed by atoms with E-state index in [1.807, 2.05) is 47.5 Å². The summed E-state index contributed by atoms with van der Waals surface area (Å²) in [6.45, 7) is 5.46. The van der Waals surface area contributed by atoms with Crippen molar-refractivity contribution in [3.8, 4) is 0 Å². The molecule has 2 aromatic heterocycles. The second kappa shape index (κ2) is 7.16. The average Bonchev–Trinajstić information content (AvgIpc) is 2.73. The number of piperazine rings is 1. The van der Waals surface area contributed by atoms with Crippen LogP contribution in [0.1, 0.15) is 10.5 Å². The van der Waals surface area contributed by atoms with E-state index in [0.717, 1.165) is 56.1 Å². The molecule has 2 fully saturated rings. The fraction of sp³-hybridized carbons (Fsp3) is 0.333. The van der Waals surface area contributed by atoms with E-state index in [0.29, 0.717) is 11.7 Å². The SMILES string of the molecule is O=C(c1cnc2ccccc2n1)N1CC(N2CCN(c3ccccn3)CC2)C1. The second-order valence-electron chi connectivity index (χ2n) is 7.32. The van der Waals surface area contributed by atoms with Crippen LogP contribution in [0.5, 0.6) is 0 Å². The molecule has 7 nitrogen and oxygen atoms in total. The molecule has 4 heterocycles. The Morgan fingerprint density at radius 2 is 1.64 bits per heavy atom. The summed E-state index contributed by atoms with van der Waals surface area (Å²) in [4.78, 5) is 32.7. The number of amides is 1. The molecular weight excluding hydrogens is 352 g/mol. The van der Waals surface area contributed by atoms with Crippen molar-refractivity contribution in [2.24, 2.45) is 0 Å². The average molecular weight is 374 g/mol. The predicted octanol–water partition coefficient (Wildman–Crippen LogP) is 1.67. The zero-order valence-electron chi connectivity index (χ0n) is 15.6. The van der Waals surface area contributed by atoms with Crippen LogP contribution in [0.25, 0.3) is 11.0 Å². The van der Waals surface area contributed by atoms with Gasteiger partial charge < -0.3 is 9.80 Å². The summed E-state index contributed by atoms with van der Waals surface area (Å²) in [6.07, 6.45) is 3.43. The van der Waals surface area contributed by atoms with Crippen molar-refractivity contribution >= 4 is 22.8 Å². The summed E-state index contributed by atoms with van der Waals surface area (Å²) >= 11 is 0. The molecule has 0 aliphatic carbocycles. The quantitative estimate of drug-likeness (QED) is 0.695. The zero-order chi connectivity index (χ0) is 18.9. The zero-order valence-corrected chi connectivity index (χ0v) is 15.6. The minimum absolute atomic E-state index is 0.0263. The summed E-state index contributed by atoms with van der Waals surface area (Å²) < 4.78 is 0. The summed E-state index contributed by atoms with van der Waals surface area (Å²) in [5.74, 6) is 1.02. The van der Waals surface area contributed by atoms with Crippen molar-refractivity contribution in [2.45, 2.75) is 6.04 Å². The number of para-hydroxylation sites is 2. The minimum Gasteiger partial charge on any atom is -0.354 e. The summed E-state index contributed by atoms with van der Waals surface area (Å²) in [5, 5.41) is 0. The molecule has 5 rings (SSSR count). The third-order valence-corrected chi connectivity index (χ3v) is 5.62. The Labute approximate surface area is 163 Å². The number of carbonyl (C=O) groups excluding carboxylic acids is 1. The van der Waals surface area contributed by atoms with E-state index in [1.165, 1.54) is 0 Å². The molecule has 1 aromatic carbocycles. The van der Waals surface area contributed by atoms with Crippen molar-refractivity contribution in [2.75, 3.05) is 44.2 Å². The minimum atomic E-state index is -0.0263. The Balaban J connectivity index is 1.17. The van der Waals surface area contributed by atoms with E-state index in [1.54, 1.807) is 6.20 Å². The van der Waals surface area contributed by atoms with Crippen molar-refractivity contribution in [3.05, 3.63) is 60.6 Å². The van der Waals surface area contributed by atoms with E-state index in [9.17, 15) is 4.79 Å². The van der Waals surface area contributed by atoms with Gasteiger partial charge in [-0.15, -0.1) is 0 Å². The molecule has 3 aromatic rings. The summed E-state index contributed by atoms with van der Waals surface area (Å²) in [6, 6.07) is 14.1. The van der Waals surface area contributed by atoms with Gasteiger partial charge in [0.05, 0.1) is 17.2 Å². The number of nitrogens with zero attached hydrogens (tertiary/aromatic N) is 6. The lowest BCUT2D eigenvalue weighted by molar-refractivity contribution is 0.0242. The maximum absolute atomic E-state index is 12.7. The molecule has 1 amide bonds. The van der Waals surface area contributed by atoms with Gasteiger partial charge in [0.1, 0.15) is 11.5 Å². The van der Waals surface area contributed by atoms with Gasteiger partial charge in [-0.2, -0.15) is 0 Å². The smallest absolute Gasteiger partial charge is 0.274 e. The molecule has 2 saturated heterocycles. The molecule has 0 atom stereocenters. The van der Waals surface area contributed by atoms with Crippen molar-refractivity contribution in [3.63, 3.8) is 0 Å². The first-order chi connectivity index (χ1) is 13.8. The van der Waals surface area contributed by atoms with Crippen LogP contribution in [-0.4, -0.2) is 76.0 Å². The molecule has 0 unspecified atom stereocenters. The molecule has 142 valence electrons. The Hall–Kier alpha value is -3.06. The molecular formula is C21H22N6O. The van der Waals surface area contributed by atoms with Gasteiger partial charge in [0.15, 0.2) is 0 Å². The van der Waals surface area contributed by atoms with Gasteiger partial charge in [-0.3, -0.25) is 14.7 Å². The highest BCUT2D eigenvalue weighted by Gasteiger charge is 2.37. The lowest BCUT2D eigenvalue weighted by atomic mass is 10.1. The maximum Gasteiger partial charge on any atom is 0.274 e. The lowest BCUT2D eigenvalue weighted by Gasteiger charge is -2.48. The van der Waals surface area contributed by atoms with Gasteiger partial charge in [-0.1, -0.05) is 18.2 Å². The van der Waals surface area contributed by atoms with Crippen LogP contribution < -0.4 is 4.90 Å².